The second-order valence-electron chi connectivity index (χ2n) is 4.50. The lowest BCUT2D eigenvalue weighted by Crippen LogP contribution is -2.22. The number of sulfone groups is 1. The van der Waals surface area contributed by atoms with Crippen molar-refractivity contribution in [3.63, 3.8) is 0 Å². The van der Waals surface area contributed by atoms with Gasteiger partial charge in [0.1, 0.15) is 0 Å². The molecule has 0 bridgehead atoms. The molecule has 0 spiro atoms. The van der Waals surface area contributed by atoms with Crippen LogP contribution < -0.4 is 0 Å². The second-order valence-corrected chi connectivity index (χ2v) is 6.73. The molecule has 1 heterocycles. The molecule has 1 aliphatic heterocycles. The summed E-state index contributed by atoms with van der Waals surface area (Å²) >= 11 is 0. The summed E-state index contributed by atoms with van der Waals surface area (Å²) in [7, 11) is -1.25. The van der Waals surface area contributed by atoms with Crippen molar-refractivity contribution in [2.75, 3.05) is 45.0 Å². The van der Waals surface area contributed by atoms with Crippen LogP contribution in [0, 0.1) is 11.8 Å². The van der Waals surface area contributed by atoms with E-state index in [0.29, 0.717) is 32.7 Å². The molecular formula is C11H22O5S. The van der Waals surface area contributed by atoms with Gasteiger partial charge in [-0.05, 0) is 24.7 Å². The smallest absolute Gasteiger partial charge is 0.150 e. The lowest BCUT2D eigenvalue weighted by Gasteiger charge is -2.19. The Hall–Kier alpha value is -0.170. The first-order chi connectivity index (χ1) is 8.09. The fourth-order valence-corrected chi connectivity index (χ4v) is 4.07. The second kappa shape index (κ2) is 7.31. The Balaban J connectivity index is 2.24. The Morgan fingerprint density at radius 1 is 1.35 bits per heavy atom. The number of aliphatic hydroxyl groups is 1. The molecule has 1 rings (SSSR count). The van der Waals surface area contributed by atoms with E-state index in [1.807, 2.05) is 0 Å². The maximum atomic E-state index is 11.3. The number of methoxy groups -OCH3 is 1. The van der Waals surface area contributed by atoms with Crippen molar-refractivity contribution in [2.45, 2.75) is 12.8 Å². The molecule has 0 aromatic carbocycles. The number of aliphatic hydroxyl groups excluding tert-OH is 1. The molecule has 102 valence electrons. The monoisotopic (exact) mass is 266 g/mol. The van der Waals surface area contributed by atoms with Crippen LogP contribution in [0.25, 0.3) is 0 Å². The molecule has 17 heavy (non-hydrogen) atoms. The van der Waals surface area contributed by atoms with Crippen LogP contribution in [0.2, 0.25) is 0 Å². The van der Waals surface area contributed by atoms with Crippen LogP contribution >= 0.6 is 0 Å². The van der Waals surface area contributed by atoms with Gasteiger partial charge in [0.25, 0.3) is 0 Å². The largest absolute Gasteiger partial charge is 0.396 e. The summed E-state index contributed by atoms with van der Waals surface area (Å²) in [6, 6.07) is 0. The van der Waals surface area contributed by atoms with E-state index in [9.17, 15) is 13.5 Å². The molecule has 1 aliphatic rings. The summed E-state index contributed by atoms with van der Waals surface area (Å²) in [5.41, 5.74) is 0. The summed E-state index contributed by atoms with van der Waals surface area (Å²) in [6.45, 7) is 1.68. The Kier molecular flexibility index (Phi) is 6.40. The molecule has 0 aromatic heterocycles. The highest BCUT2D eigenvalue weighted by Gasteiger charge is 2.32. The van der Waals surface area contributed by atoms with Gasteiger partial charge in [0, 0.05) is 20.3 Å². The topological polar surface area (TPSA) is 72.8 Å². The van der Waals surface area contributed by atoms with Crippen molar-refractivity contribution < 1.29 is 23.0 Å². The Bertz CT molecular complexity index is 301. The first kappa shape index (κ1) is 14.9. The highest BCUT2D eigenvalue weighted by atomic mass is 32.2. The highest BCUT2D eigenvalue weighted by molar-refractivity contribution is 7.91. The predicted octanol–water partition coefficient (Wildman–Crippen LogP) is 0.0827. The van der Waals surface area contributed by atoms with Crippen LogP contribution in [0.5, 0.6) is 0 Å². The van der Waals surface area contributed by atoms with Crippen LogP contribution in [0.3, 0.4) is 0 Å². The third-order valence-corrected chi connectivity index (χ3v) is 5.03. The maximum absolute atomic E-state index is 11.3. The first-order valence-electron chi connectivity index (χ1n) is 5.97. The molecule has 2 atom stereocenters. The average molecular weight is 266 g/mol. The SMILES string of the molecule is COCCOCCC(CO)C1CCS(=O)(=O)C1. The Labute approximate surface area is 103 Å². The predicted molar refractivity (Wildman–Crippen MR) is 64.6 cm³/mol. The summed E-state index contributed by atoms with van der Waals surface area (Å²) in [5.74, 6) is 0.612. The van der Waals surface area contributed by atoms with Gasteiger partial charge >= 0.3 is 0 Å². The maximum Gasteiger partial charge on any atom is 0.150 e. The minimum absolute atomic E-state index is 0.0355. The zero-order chi connectivity index (χ0) is 12.7. The molecule has 6 heteroatoms. The minimum atomic E-state index is -2.86. The van der Waals surface area contributed by atoms with Crippen molar-refractivity contribution >= 4 is 9.84 Å². The van der Waals surface area contributed by atoms with Crippen LogP contribution in [-0.2, 0) is 19.3 Å². The lowest BCUT2D eigenvalue weighted by atomic mass is 9.90. The van der Waals surface area contributed by atoms with Gasteiger partial charge < -0.3 is 14.6 Å². The molecule has 0 radical (unpaired) electrons. The molecule has 0 amide bonds. The lowest BCUT2D eigenvalue weighted by molar-refractivity contribution is 0.0529. The van der Waals surface area contributed by atoms with E-state index >= 15 is 0 Å². The number of hydrogen-bond acceptors (Lipinski definition) is 5. The van der Waals surface area contributed by atoms with Crippen molar-refractivity contribution in [3.05, 3.63) is 0 Å². The van der Waals surface area contributed by atoms with Gasteiger partial charge in [0.2, 0.25) is 0 Å². The summed E-state index contributed by atoms with van der Waals surface area (Å²) < 4.78 is 32.9. The van der Waals surface area contributed by atoms with E-state index in [0.717, 1.165) is 0 Å². The van der Waals surface area contributed by atoms with Gasteiger partial charge in [-0.3, -0.25) is 0 Å². The number of rotatable bonds is 8. The highest BCUT2D eigenvalue weighted by Crippen LogP contribution is 2.27. The van der Waals surface area contributed by atoms with Gasteiger partial charge in [-0.25, -0.2) is 8.42 Å². The molecule has 0 saturated carbocycles. The summed E-state index contributed by atoms with van der Waals surface area (Å²) in [6.07, 6.45) is 1.38. The molecule has 5 nitrogen and oxygen atoms in total. The van der Waals surface area contributed by atoms with E-state index < -0.39 is 9.84 Å². The van der Waals surface area contributed by atoms with Crippen LogP contribution in [0.1, 0.15) is 12.8 Å². The number of ether oxygens (including phenoxy) is 2. The molecule has 1 saturated heterocycles. The van der Waals surface area contributed by atoms with E-state index in [-0.39, 0.29) is 29.9 Å². The normalized spacial score (nSPS) is 24.9. The fourth-order valence-electron chi connectivity index (χ4n) is 2.15. The standard InChI is InChI=1S/C11H22O5S/c1-15-5-6-16-4-2-10(8-12)11-3-7-17(13,14)9-11/h10-12H,2-9H2,1H3. The molecule has 2 unspecified atom stereocenters. The molecule has 1 fully saturated rings. The third kappa shape index (κ3) is 5.33. The fraction of sp³-hybridized carbons (Fsp3) is 1.00. The summed E-state index contributed by atoms with van der Waals surface area (Å²) in [4.78, 5) is 0. The van der Waals surface area contributed by atoms with Crippen LogP contribution in [-0.4, -0.2) is 58.6 Å². The van der Waals surface area contributed by atoms with Crippen molar-refractivity contribution in [3.8, 4) is 0 Å². The molecule has 0 aliphatic carbocycles. The van der Waals surface area contributed by atoms with Crippen LogP contribution in [0.4, 0.5) is 0 Å². The quantitative estimate of drug-likeness (QED) is 0.630. The zero-order valence-electron chi connectivity index (χ0n) is 10.3. The van der Waals surface area contributed by atoms with Crippen molar-refractivity contribution in [1.29, 1.82) is 0 Å². The zero-order valence-corrected chi connectivity index (χ0v) is 11.1. The minimum Gasteiger partial charge on any atom is -0.396 e. The van der Waals surface area contributed by atoms with Gasteiger partial charge in [-0.15, -0.1) is 0 Å². The molecule has 0 aromatic rings. The molecule has 1 N–H and O–H groups in total. The van der Waals surface area contributed by atoms with Gasteiger partial charge in [-0.2, -0.15) is 0 Å². The Morgan fingerprint density at radius 2 is 2.12 bits per heavy atom. The third-order valence-electron chi connectivity index (χ3n) is 3.23. The summed E-state index contributed by atoms with van der Waals surface area (Å²) in [5, 5.41) is 9.28. The van der Waals surface area contributed by atoms with Gasteiger partial charge in [0.05, 0.1) is 24.7 Å². The van der Waals surface area contributed by atoms with Crippen molar-refractivity contribution in [1.82, 2.24) is 0 Å². The van der Waals surface area contributed by atoms with Crippen molar-refractivity contribution in [2.24, 2.45) is 11.8 Å². The Morgan fingerprint density at radius 3 is 2.65 bits per heavy atom. The van der Waals surface area contributed by atoms with E-state index in [1.54, 1.807) is 7.11 Å². The van der Waals surface area contributed by atoms with E-state index in [1.165, 1.54) is 0 Å². The van der Waals surface area contributed by atoms with E-state index in [2.05, 4.69) is 0 Å². The number of hydrogen-bond donors (Lipinski definition) is 1. The first-order valence-corrected chi connectivity index (χ1v) is 7.79. The van der Waals surface area contributed by atoms with Gasteiger partial charge in [0.15, 0.2) is 9.84 Å². The van der Waals surface area contributed by atoms with Crippen LogP contribution in [0.15, 0.2) is 0 Å². The molecular weight excluding hydrogens is 244 g/mol. The van der Waals surface area contributed by atoms with E-state index in [4.69, 9.17) is 9.47 Å². The average Bonchev–Trinajstić information content (AvgIpc) is 2.64. The van der Waals surface area contributed by atoms with Gasteiger partial charge in [-0.1, -0.05) is 0 Å².